The van der Waals surface area contributed by atoms with E-state index in [1.807, 2.05) is 18.2 Å². The van der Waals surface area contributed by atoms with E-state index in [0.717, 1.165) is 17.5 Å². The monoisotopic (exact) mass is 328 g/mol. The molecule has 1 N–H and O–H groups in total. The highest BCUT2D eigenvalue weighted by molar-refractivity contribution is 6.04. The molecule has 0 saturated heterocycles. The standard InChI is InChI=1S/C18H17FN2O3/c1-24-18(23)21-8-7-12-5-6-16(10-14(12)11-21)20-17(22)13-3-2-4-15(19)9-13/h2-6,9-10H,7-8,11H2,1H3,(H,20,22). The maximum atomic E-state index is 13.2. The van der Waals surface area contributed by atoms with Gasteiger partial charge in [0.05, 0.1) is 7.11 Å². The summed E-state index contributed by atoms with van der Waals surface area (Å²) in [6, 6.07) is 11.1. The van der Waals surface area contributed by atoms with Gasteiger partial charge in [0.2, 0.25) is 0 Å². The van der Waals surface area contributed by atoms with Gasteiger partial charge in [-0.1, -0.05) is 12.1 Å². The van der Waals surface area contributed by atoms with Gasteiger partial charge in [-0.3, -0.25) is 4.79 Å². The molecule has 0 bridgehead atoms. The van der Waals surface area contributed by atoms with Crippen molar-refractivity contribution in [3.63, 3.8) is 0 Å². The molecule has 0 aromatic heterocycles. The predicted molar refractivity (Wildman–Crippen MR) is 87.3 cm³/mol. The number of amides is 2. The molecule has 0 unspecified atom stereocenters. The van der Waals surface area contributed by atoms with Gasteiger partial charge in [0.1, 0.15) is 5.82 Å². The first kappa shape index (κ1) is 16.0. The molecule has 124 valence electrons. The molecule has 3 rings (SSSR count). The van der Waals surface area contributed by atoms with Crippen molar-refractivity contribution in [2.24, 2.45) is 0 Å². The molecule has 0 spiro atoms. The van der Waals surface area contributed by atoms with Gasteiger partial charge in [0.15, 0.2) is 0 Å². The van der Waals surface area contributed by atoms with Crippen LogP contribution in [0.5, 0.6) is 0 Å². The maximum Gasteiger partial charge on any atom is 0.409 e. The van der Waals surface area contributed by atoms with Crippen molar-refractivity contribution in [3.8, 4) is 0 Å². The second-order valence-corrected chi connectivity index (χ2v) is 5.59. The number of carbonyl (C=O) groups is 2. The van der Waals surface area contributed by atoms with Crippen LogP contribution >= 0.6 is 0 Å². The van der Waals surface area contributed by atoms with Gasteiger partial charge < -0.3 is 15.0 Å². The number of rotatable bonds is 2. The first-order chi connectivity index (χ1) is 11.6. The summed E-state index contributed by atoms with van der Waals surface area (Å²) in [4.78, 5) is 25.5. The highest BCUT2D eigenvalue weighted by Gasteiger charge is 2.21. The molecule has 0 aliphatic carbocycles. The fraction of sp³-hybridized carbons (Fsp3) is 0.222. The number of carbonyl (C=O) groups excluding carboxylic acids is 2. The Hall–Kier alpha value is -2.89. The lowest BCUT2D eigenvalue weighted by atomic mass is 9.99. The Balaban J connectivity index is 1.76. The van der Waals surface area contributed by atoms with Gasteiger partial charge in [-0.2, -0.15) is 0 Å². The number of anilines is 1. The third-order valence-corrected chi connectivity index (χ3v) is 4.00. The number of ether oxygens (including phenoxy) is 1. The summed E-state index contributed by atoms with van der Waals surface area (Å²) in [5, 5.41) is 2.75. The number of hydrogen-bond acceptors (Lipinski definition) is 3. The maximum absolute atomic E-state index is 13.2. The van der Waals surface area contributed by atoms with Crippen LogP contribution in [0.25, 0.3) is 0 Å². The Kier molecular flexibility index (Phi) is 4.46. The zero-order valence-electron chi connectivity index (χ0n) is 13.2. The van der Waals surface area contributed by atoms with Gasteiger partial charge >= 0.3 is 6.09 Å². The van der Waals surface area contributed by atoms with Gasteiger partial charge in [0, 0.05) is 24.3 Å². The smallest absolute Gasteiger partial charge is 0.409 e. The quantitative estimate of drug-likeness (QED) is 0.921. The van der Waals surface area contributed by atoms with E-state index in [4.69, 9.17) is 4.74 Å². The molecule has 0 saturated carbocycles. The highest BCUT2D eigenvalue weighted by atomic mass is 19.1. The first-order valence-corrected chi connectivity index (χ1v) is 7.58. The zero-order chi connectivity index (χ0) is 17.1. The number of hydrogen-bond donors (Lipinski definition) is 1. The zero-order valence-corrected chi connectivity index (χ0v) is 13.2. The van der Waals surface area contributed by atoms with Crippen molar-refractivity contribution in [1.82, 2.24) is 4.90 Å². The normalized spacial score (nSPS) is 13.2. The Morgan fingerprint density at radius 3 is 2.75 bits per heavy atom. The molecule has 1 aliphatic heterocycles. The number of methoxy groups -OCH3 is 1. The largest absolute Gasteiger partial charge is 0.453 e. The summed E-state index contributed by atoms with van der Waals surface area (Å²) < 4.78 is 18.0. The van der Waals surface area contributed by atoms with Gasteiger partial charge in [-0.25, -0.2) is 9.18 Å². The molecule has 1 aliphatic rings. The summed E-state index contributed by atoms with van der Waals surface area (Å²) >= 11 is 0. The molecule has 5 nitrogen and oxygen atoms in total. The lowest BCUT2D eigenvalue weighted by Crippen LogP contribution is -2.35. The van der Waals surface area contributed by atoms with Crippen molar-refractivity contribution in [2.75, 3.05) is 19.0 Å². The molecular weight excluding hydrogens is 311 g/mol. The van der Waals surface area contributed by atoms with E-state index >= 15 is 0 Å². The Morgan fingerprint density at radius 1 is 1.17 bits per heavy atom. The predicted octanol–water partition coefficient (Wildman–Crippen LogP) is 3.20. The van der Waals surface area contributed by atoms with E-state index in [1.54, 1.807) is 11.0 Å². The molecule has 0 atom stereocenters. The van der Waals surface area contributed by atoms with Crippen LogP contribution in [0.2, 0.25) is 0 Å². The summed E-state index contributed by atoms with van der Waals surface area (Å²) in [6.45, 7) is 1.04. The van der Waals surface area contributed by atoms with Crippen LogP contribution in [0.4, 0.5) is 14.9 Å². The van der Waals surface area contributed by atoms with E-state index < -0.39 is 5.82 Å². The minimum absolute atomic E-state index is 0.254. The fourth-order valence-electron chi connectivity index (χ4n) is 2.75. The number of fused-ring (bicyclic) bond motifs is 1. The van der Waals surface area contributed by atoms with Crippen LogP contribution in [0.1, 0.15) is 21.5 Å². The summed E-state index contributed by atoms with van der Waals surface area (Å²) in [5.74, 6) is -0.836. The molecule has 2 amide bonds. The molecular formula is C18H17FN2O3. The van der Waals surface area contributed by atoms with Crippen molar-refractivity contribution in [2.45, 2.75) is 13.0 Å². The Morgan fingerprint density at radius 2 is 2.00 bits per heavy atom. The summed E-state index contributed by atoms with van der Waals surface area (Å²) in [5.41, 5.74) is 2.96. The number of nitrogens with one attached hydrogen (secondary N) is 1. The molecule has 0 radical (unpaired) electrons. The Bertz CT molecular complexity index is 792. The second-order valence-electron chi connectivity index (χ2n) is 5.59. The SMILES string of the molecule is COC(=O)N1CCc2ccc(NC(=O)c3cccc(F)c3)cc2C1. The number of nitrogens with zero attached hydrogens (tertiary/aromatic N) is 1. The fourth-order valence-corrected chi connectivity index (χ4v) is 2.75. The average molecular weight is 328 g/mol. The topological polar surface area (TPSA) is 58.6 Å². The molecule has 2 aromatic carbocycles. The van der Waals surface area contributed by atoms with Gasteiger partial charge in [-0.05, 0) is 47.9 Å². The molecule has 1 heterocycles. The minimum atomic E-state index is -0.457. The van der Waals surface area contributed by atoms with E-state index in [1.165, 1.54) is 25.3 Å². The van der Waals surface area contributed by atoms with Crippen LogP contribution in [0.15, 0.2) is 42.5 Å². The number of halogens is 1. The molecule has 2 aromatic rings. The van der Waals surface area contributed by atoms with Crippen LogP contribution in [-0.4, -0.2) is 30.6 Å². The van der Waals surface area contributed by atoms with Crippen molar-refractivity contribution in [1.29, 1.82) is 0 Å². The lowest BCUT2D eigenvalue weighted by Gasteiger charge is -2.28. The Labute approximate surface area is 139 Å². The van der Waals surface area contributed by atoms with Crippen molar-refractivity contribution in [3.05, 3.63) is 65.0 Å². The third kappa shape index (κ3) is 3.37. The molecule has 6 heteroatoms. The lowest BCUT2D eigenvalue weighted by molar-refractivity contribution is 0.102. The van der Waals surface area contributed by atoms with E-state index in [9.17, 15) is 14.0 Å². The van der Waals surface area contributed by atoms with E-state index in [0.29, 0.717) is 18.8 Å². The summed E-state index contributed by atoms with van der Waals surface area (Å²) in [6.07, 6.45) is 0.373. The minimum Gasteiger partial charge on any atom is -0.453 e. The van der Waals surface area contributed by atoms with Crippen LogP contribution in [0, 0.1) is 5.82 Å². The van der Waals surface area contributed by atoms with Crippen LogP contribution < -0.4 is 5.32 Å². The van der Waals surface area contributed by atoms with Crippen LogP contribution in [0.3, 0.4) is 0 Å². The summed E-state index contributed by atoms with van der Waals surface area (Å²) in [7, 11) is 1.35. The first-order valence-electron chi connectivity index (χ1n) is 7.58. The molecule has 0 fully saturated rings. The van der Waals surface area contributed by atoms with Crippen LogP contribution in [-0.2, 0) is 17.7 Å². The highest BCUT2D eigenvalue weighted by Crippen LogP contribution is 2.23. The van der Waals surface area contributed by atoms with E-state index in [2.05, 4.69) is 5.32 Å². The van der Waals surface area contributed by atoms with Gasteiger partial charge in [0.25, 0.3) is 5.91 Å². The molecule has 24 heavy (non-hydrogen) atoms. The van der Waals surface area contributed by atoms with Crippen molar-refractivity contribution < 1.29 is 18.7 Å². The average Bonchev–Trinajstić information content (AvgIpc) is 2.60. The van der Waals surface area contributed by atoms with Gasteiger partial charge in [-0.15, -0.1) is 0 Å². The van der Waals surface area contributed by atoms with E-state index in [-0.39, 0.29) is 17.6 Å². The third-order valence-electron chi connectivity index (χ3n) is 4.00. The second kappa shape index (κ2) is 6.70. The van der Waals surface area contributed by atoms with Crippen molar-refractivity contribution >= 4 is 17.7 Å². The number of benzene rings is 2.